The zero-order valence-electron chi connectivity index (χ0n) is 14.4. The summed E-state index contributed by atoms with van der Waals surface area (Å²) in [5, 5.41) is 6.53. The van der Waals surface area contributed by atoms with E-state index in [0.717, 1.165) is 30.7 Å². The number of rotatable bonds is 5. The van der Waals surface area contributed by atoms with Crippen LogP contribution in [0.1, 0.15) is 35.7 Å². The van der Waals surface area contributed by atoms with Crippen LogP contribution in [-0.4, -0.2) is 24.5 Å². The maximum absolute atomic E-state index is 12.3. The quantitative estimate of drug-likeness (QED) is 0.857. The highest BCUT2D eigenvalue weighted by Gasteiger charge is 2.20. The molecule has 5 heteroatoms. The number of para-hydroxylation sites is 1. The minimum absolute atomic E-state index is 0. The molecular formula is C20H25ClN2O2. The first-order chi connectivity index (χ1) is 11.7. The van der Waals surface area contributed by atoms with Crippen LogP contribution in [-0.2, 0) is 6.61 Å². The highest BCUT2D eigenvalue weighted by molar-refractivity contribution is 5.94. The third-order valence-electron chi connectivity index (χ3n) is 4.32. The summed E-state index contributed by atoms with van der Waals surface area (Å²) in [6.07, 6.45) is 1.97. The monoisotopic (exact) mass is 360 g/mol. The van der Waals surface area contributed by atoms with Gasteiger partial charge in [-0.05, 0) is 56.1 Å². The van der Waals surface area contributed by atoms with Crippen molar-refractivity contribution in [3.05, 3.63) is 65.7 Å². The van der Waals surface area contributed by atoms with Gasteiger partial charge in [0, 0.05) is 17.6 Å². The molecule has 0 saturated carbocycles. The van der Waals surface area contributed by atoms with Gasteiger partial charge < -0.3 is 15.4 Å². The standard InChI is InChI=1S/C20H24N2O2.ClH/c1-15-13-18(11-12-21-15)22-20(23)17-9-7-16(8-10-17)14-24-19-5-3-2-4-6-19;/h2-10,15,18,21H,11-14H2,1H3,(H,22,23);1H. The second kappa shape index (κ2) is 9.44. The van der Waals surface area contributed by atoms with Gasteiger partial charge in [0.25, 0.3) is 5.91 Å². The Kier molecular flexibility index (Phi) is 7.29. The fourth-order valence-electron chi connectivity index (χ4n) is 2.97. The molecule has 1 amide bonds. The largest absolute Gasteiger partial charge is 0.489 e. The van der Waals surface area contributed by atoms with Crippen LogP contribution in [0, 0.1) is 0 Å². The number of benzene rings is 2. The van der Waals surface area contributed by atoms with Crippen LogP contribution >= 0.6 is 12.4 Å². The van der Waals surface area contributed by atoms with E-state index in [2.05, 4.69) is 17.6 Å². The Balaban J connectivity index is 0.00000225. The Morgan fingerprint density at radius 3 is 2.56 bits per heavy atom. The Labute approximate surface area is 155 Å². The maximum atomic E-state index is 12.3. The number of amides is 1. The zero-order chi connectivity index (χ0) is 16.8. The number of carbonyl (C=O) groups excluding carboxylic acids is 1. The van der Waals surface area contributed by atoms with Gasteiger partial charge in [-0.3, -0.25) is 4.79 Å². The van der Waals surface area contributed by atoms with Crippen LogP contribution < -0.4 is 15.4 Å². The van der Waals surface area contributed by atoms with Crippen LogP contribution in [0.3, 0.4) is 0 Å². The van der Waals surface area contributed by atoms with Gasteiger partial charge in [-0.1, -0.05) is 30.3 Å². The number of halogens is 1. The third-order valence-corrected chi connectivity index (χ3v) is 4.32. The van der Waals surface area contributed by atoms with Crippen LogP contribution in [0.25, 0.3) is 0 Å². The van der Waals surface area contributed by atoms with Gasteiger partial charge >= 0.3 is 0 Å². The van der Waals surface area contributed by atoms with Crippen molar-refractivity contribution in [2.45, 2.75) is 38.5 Å². The third kappa shape index (κ3) is 5.76. The number of hydrogen-bond donors (Lipinski definition) is 2. The van der Waals surface area contributed by atoms with E-state index < -0.39 is 0 Å². The van der Waals surface area contributed by atoms with Gasteiger partial charge in [-0.25, -0.2) is 0 Å². The molecular weight excluding hydrogens is 336 g/mol. The molecule has 2 aromatic carbocycles. The first-order valence-corrected chi connectivity index (χ1v) is 8.52. The summed E-state index contributed by atoms with van der Waals surface area (Å²) in [7, 11) is 0. The first kappa shape index (κ1) is 19.3. The summed E-state index contributed by atoms with van der Waals surface area (Å²) in [5.74, 6) is 0.851. The fraction of sp³-hybridized carbons (Fsp3) is 0.350. The molecule has 0 bridgehead atoms. The molecule has 1 aliphatic heterocycles. The average Bonchev–Trinajstić information content (AvgIpc) is 2.61. The van der Waals surface area contributed by atoms with E-state index in [1.807, 2.05) is 54.6 Å². The van der Waals surface area contributed by atoms with Crippen LogP contribution in [0.4, 0.5) is 0 Å². The SMILES string of the molecule is CC1CC(NC(=O)c2ccc(COc3ccccc3)cc2)CCN1.Cl. The summed E-state index contributed by atoms with van der Waals surface area (Å²) in [4.78, 5) is 12.3. The van der Waals surface area contributed by atoms with E-state index in [4.69, 9.17) is 4.74 Å². The normalized spacial score (nSPS) is 19.6. The molecule has 1 saturated heterocycles. The fourth-order valence-corrected chi connectivity index (χ4v) is 2.97. The van der Waals surface area contributed by atoms with Crippen molar-refractivity contribution in [2.24, 2.45) is 0 Å². The molecule has 134 valence electrons. The van der Waals surface area contributed by atoms with Gasteiger partial charge in [-0.15, -0.1) is 12.4 Å². The lowest BCUT2D eigenvalue weighted by molar-refractivity contribution is 0.0925. The summed E-state index contributed by atoms with van der Waals surface area (Å²) in [5.41, 5.74) is 1.75. The summed E-state index contributed by atoms with van der Waals surface area (Å²) >= 11 is 0. The van der Waals surface area contributed by atoms with E-state index in [1.54, 1.807) is 0 Å². The van der Waals surface area contributed by atoms with Gasteiger partial charge in [0.1, 0.15) is 12.4 Å². The molecule has 3 rings (SSSR count). The van der Waals surface area contributed by atoms with Crippen LogP contribution in [0.2, 0.25) is 0 Å². The minimum Gasteiger partial charge on any atom is -0.489 e. The predicted molar refractivity (Wildman–Crippen MR) is 102 cm³/mol. The van der Waals surface area contributed by atoms with Crippen molar-refractivity contribution in [2.75, 3.05) is 6.54 Å². The lowest BCUT2D eigenvalue weighted by atomic mass is 10.00. The van der Waals surface area contributed by atoms with E-state index in [0.29, 0.717) is 18.2 Å². The van der Waals surface area contributed by atoms with Gasteiger partial charge in [0.05, 0.1) is 0 Å². The van der Waals surface area contributed by atoms with Crippen molar-refractivity contribution < 1.29 is 9.53 Å². The molecule has 0 aliphatic carbocycles. The van der Waals surface area contributed by atoms with Crippen molar-refractivity contribution >= 4 is 18.3 Å². The molecule has 2 aromatic rings. The molecule has 25 heavy (non-hydrogen) atoms. The number of ether oxygens (including phenoxy) is 1. The topological polar surface area (TPSA) is 50.4 Å². The van der Waals surface area contributed by atoms with Crippen molar-refractivity contribution in [3.8, 4) is 5.75 Å². The van der Waals surface area contributed by atoms with E-state index >= 15 is 0 Å². The van der Waals surface area contributed by atoms with Crippen LogP contribution in [0.15, 0.2) is 54.6 Å². The van der Waals surface area contributed by atoms with Crippen molar-refractivity contribution in [1.82, 2.24) is 10.6 Å². The first-order valence-electron chi connectivity index (χ1n) is 8.52. The molecule has 0 spiro atoms. The molecule has 0 radical (unpaired) electrons. The molecule has 2 unspecified atom stereocenters. The van der Waals surface area contributed by atoms with E-state index in [9.17, 15) is 4.79 Å². The average molecular weight is 361 g/mol. The second-order valence-corrected chi connectivity index (χ2v) is 6.35. The molecule has 1 heterocycles. The highest BCUT2D eigenvalue weighted by atomic mass is 35.5. The zero-order valence-corrected chi connectivity index (χ0v) is 15.2. The highest BCUT2D eigenvalue weighted by Crippen LogP contribution is 2.13. The van der Waals surface area contributed by atoms with Gasteiger partial charge in [-0.2, -0.15) is 0 Å². The summed E-state index contributed by atoms with van der Waals surface area (Å²) < 4.78 is 5.72. The Morgan fingerprint density at radius 1 is 1.16 bits per heavy atom. The number of carbonyl (C=O) groups is 1. The molecule has 0 aromatic heterocycles. The molecule has 4 nitrogen and oxygen atoms in total. The van der Waals surface area contributed by atoms with E-state index in [-0.39, 0.29) is 24.4 Å². The predicted octanol–water partition coefficient (Wildman–Crippen LogP) is 3.56. The Hall–Kier alpha value is -2.04. The molecule has 2 N–H and O–H groups in total. The van der Waals surface area contributed by atoms with Gasteiger partial charge in [0.15, 0.2) is 0 Å². The number of piperidine rings is 1. The summed E-state index contributed by atoms with van der Waals surface area (Å²) in [6, 6.07) is 18.1. The Bertz CT molecular complexity index is 661. The lowest BCUT2D eigenvalue weighted by Gasteiger charge is -2.28. The lowest BCUT2D eigenvalue weighted by Crippen LogP contribution is -2.46. The molecule has 1 aliphatic rings. The van der Waals surface area contributed by atoms with Gasteiger partial charge in [0.2, 0.25) is 0 Å². The minimum atomic E-state index is 0. The van der Waals surface area contributed by atoms with Crippen molar-refractivity contribution in [1.29, 1.82) is 0 Å². The summed E-state index contributed by atoms with van der Waals surface area (Å²) in [6.45, 7) is 3.61. The molecule has 1 fully saturated rings. The molecule has 2 atom stereocenters. The second-order valence-electron chi connectivity index (χ2n) is 6.35. The number of nitrogens with one attached hydrogen (secondary N) is 2. The smallest absolute Gasteiger partial charge is 0.251 e. The van der Waals surface area contributed by atoms with Crippen molar-refractivity contribution in [3.63, 3.8) is 0 Å². The maximum Gasteiger partial charge on any atom is 0.251 e. The van der Waals surface area contributed by atoms with Crippen LogP contribution in [0.5, 0.6) is 5.75 Å². The Morgan fingerprint density at radius 2 is 1.88 bits per heavy atom. The van der Waals surface area contributed by atoms with E-state index in [1.165, 1.54) is 0 Å². The number of hydrogen-bond acceptors (Lipinski definition) is 3.